The molecule has 4 aromatic carbocycles. The molecule has 2 unspecified atom stereocenters. The molecule has 3 aliphatic rings. The molecule has 0 saturated carbocycles. The largest absolute Gasteiger partial charge is 0.0619 e. The van der Waals surface area contributed by atoms with Crippen molar-refractivity contribution in [3.8, 4) is 0 Å². The van der Waals surface area contributed by atoms with Gasteiger partial charge in [0, 0.05) is 11.8 Å². The molecule has 158 valence electrons. The lowest BCUT2D eigenvalue weighted by Crippen LogP contribution is -2.07. The Morgan fingerprint density at radius 2 is 1.39 bits per heavy atom. The molecule has 0 radical (unpaired) electrons. The molecule has 0 nitrogen and oxygen atoms in total. The number of allylic oxidation sites excluding steroid dienone is 4. The SMILES string of the molecule is CC1=Cc2ccccc2C1C1=C(C2C(C)=Cc3c2ccc2ccccc32)Cc2ccccc21. The van der Waals surface area contributed by atoms with Gasteiger partial charge in [-0.3, -0.25) is 0 Å². The summed E-state index contributed by atoms with van der Waals surface area (Å²) in [7, 11) is 0. The minimum atomic E-state index is 0.345. The van der Waals surface area contributed by atoms with Crippen molar-refractivity contribution in [3.63, 3.8) is 0 Å². The van der Waals surface area contributed by atoms with Crippen LogP contribution >= 0.6 is 0 Å². The molecule has 0 fully saturated rings. The molecule has 2 atom stereocenters. The molecule has 0 aliphatic heterocycles. The van der Waals surface area contributed by atoms with E-state index in [4.69, 9.17) is 0 Å². The molecule has 0 heterocycles. The maximum absolute atomic E-state index is 2.45. The van der Waals surface area contributed by atoms with Gasteiger partial charge in [0.25, 0.3) is 0 Å². The Morgan fingerprint density at radius 1 is 0.636 bits per heavy atom. The van der Waals surface area contributed by atoms with Crippen molar-refractivity contribution in [2.24, 2.45) is 0 Å². The van der Waals surface area contributed by atoms with E-state index in [1.807, 2.05) is 0 Å². The van der Waals surface area contributed by atoms with Crippen molar-refractivity contribution in [1.29, 1.82) is 0 Å². The third-order valence-corrected chi connectivity index (χ3v) is 7.96. The number of hydrogen-bond donors (Lipinski definition) is 0. The van der Waals surface area contributed by atoms with Gasteiger partial charge in [-0.1, -0.05) is 108 Å². The van der Waals surface area contributed by atoms with Gasteiger partial charge in [0.2, 0.25) is 0 Å². The molecular weight excluding hydrogens is 396 g/mol. The zero-order chi connectivity index (χ0) is 22.1. The van der Waals surface area contributed by atoms with Crippen molar-refractivity contribution in [2.75, 3.05) is 0 Å². The van der Waals surface area contributed by atoms with Crippen LogP contribution in [-0.2, 0) is 6.42 Å². The Bertz CT molecular complexity index is 1560. The Labute approximate surface area is 195 Å². The number of benzene rings is 4. The molecule has 33 heavy (non-hydrogen) atoms. The van der Waals surface area contributed by atoms with Gasteiger partial charge in [0.05, 0.1) is 0 Å². The van der Waals surface area contributed by atoms with Gasteiger partial charge in [-0.2, -0.15) is 0 Å². The maximum Gasteiger partial charge on any atom is 0.0311 e. The Kier molecular flexibility index (Phi) is 3.96. The van der Waals surface area contributed by atoms with E-state index >= 15 is 0 Å². The van der Waals surface area contributed by atoms with Crippen LogP contribution in [0.2, 0.25) is 0 Å². The highest BCUT2D eigenvalue weighted by molar-refractivity contribution is 5.96. The molecular formula is C33H26. The summed E-state index contributed by atoms with van der Waals surface area (Å²) in [6.45, 7) is 4.65. The topological polar surface area (TPSA) is 0 Å². The van der Waals surface area contributed by atoms with E-state index in [9.17, 15) is 0 Å². The summed E-state index contributed by atoms with van der Waals surface area (Å²) in [5.74, 6) is 0.699. The standard InChI is InChI=1S/C33H26/c1-20-17-23-10-4-7-13-26(23)32(20)33-27-14-8-5-11-24(27)19-30(33)31-21(2)18-29-25-12-6-3-9-22(25)15-16-28(29)31/h3-18,31-32H,19H2,1-2H3. The fourth-order valence-corrected chi connectivity index (χ4v) is 6.62. The van der Waals surface area contributed by atoms with Gasteiger partial charge in [-0.15, -0.1) is 0 Å². The third kappa shape index (κ3) is 2.64. The first-order chi connectivity index (χ1) is 16.2. The summed E-state index contributed by atoms with van der Waals surface area (Å²) in [6, 6.07) is 31.5. The molecule has 0 saturated heterocycles. The van der Waals surface area contributed by atoms with E-state index in [1.165, 1.54) is 55.3 Å². The first-order valence-electron chi connectivity index (χ1n) is 12.0. The average Bonchev–Trinajstić information content (AvgIpc) is 3.48. The number of rotatable bonds is 2. The van der Waals surface area contributed by atoms with Crippen LogP contribution in [0.5, 0.6) is 0 Å². The summed E-state index contributed by atoms with van der Waals surface area (Å²) in [6.07, 6.45) is 5.88. The van der Waals surface area contributed by atoms with Gasteiger partial charge in [-0.05, 0) is 75.6 Å². The second-order valence-corrected chi connectivity index (χ2v) is 9.83. The first-order valence-corrected chi connectivity index (χ1v) is 12.0. The highest BCUT2D eigenvalue weighted by Gasteiger charge is 2.38. The van der Waals surface area contributed by atoms with E-state index in [0.29, 0.717) is 11.8 Å². The van der Waals surface area contributed by atoms with E-state index in [1.54, 1.807) is 11.1 Å². The lowest BCUT2D eigenvalue weighted by Gasteiger charge is -2.24. The summed E-state index contributed by atoms with van der Waals surface area (Å²) in [5.41, 5.74) is 14.7. The Balaban J connectivity index is 1.48. The predicted molar refractivity (Wildman–Crippen MR) is 140 cm³/mol. The number of hydrogen-bond acceptors (Lipinski definition) is 0. The van der Waals surface area contributed by atoms with Gasteiger partial charge >= 0.3 is 0 Å². The average molecular weight is 423 g/mol. The van der Waals surface area contributed by atoms with E-state index < -0.39 is 0 Å². The second-order valence-electron chi connectivity index (χ2n) is 9.83. The zero-order valence-electron chi connectivity index (χ0n) is 19.1. The van der Waals surface area contributed by atoms with E-state index in [-0.39, 0.29) is 0 Å². The number of fused-ring (bicyclic) bond motifs is 5. The van der Waals surface area contributed by atoms with Crippen LogP contribution in [0.15, 0.2) is 102 Å². The van der Waals surface area contributed by atoms with Crippen LogP contribution in [-0.4, -0.2) is 0 Å². The lowest BCUT2D eigenvalue weighted by atomic mass is 9.79. The Morgan fingerprint density at radius 3 is 2.33 bits per heavy atom. The monoisotopic (exact) mass is 422 g/mol. The molecule has 7 rings (SSSR count). The fourth-order valence-electron chi connectivity index (χ4n) is 6.62. The summed E-state index contributed by atoms with van der Waals surface area (Å²) >= 11 is 0. The summed E-state index contributed by atoms with van der Waals surface area (Å²) in [5, 5.41) is 2.70. The predicted octanol–water partition coefficient (Wildman–Crippen LogP) is 8.55. The highest BCUT2D eigenvalue weighted by atomic mass is 14.4. The maximum atomic E-state index is 2.45. The highest BCUT2D eigenvalue weighted by Crippen LogP contribution is 2.55. The minimum Gasteiger partial charge on any atom is -0.0619 e. The van der Waals surface area contributed by atoms with Gasteiger partial charge in [0.1, 0.15) is 0 Å². The van der Waals surface area contributed by atoms with Crippen LogP contribution in [0.4, 0.5) is 0 Å². The van der Waals surface area contributed by atoms with E-state index in [0.717, 1.165) is 6.42 Å². The minimum absolute atomic E-state index is 0.345. The first kappa shape index (κ1) is 18.9. The van der Waals surface area contributed by atoms with Gasteiger partial charge in [0.15, 0.2) is 0 Å². The molecule has 3 aliphatic carbocycles. The molecule has 0 bridgehead atoms. The van der Waals surface area contributed by atoms with Crippen LogP contribution < -0.4 is 0 Å². The van der Waals surface area contributed by atoms with Crippen LogP contribution in [0.25, 0.3) is 28.5 Å². The van der Waals surface area contributed by atoms with Crippen molar-refractivity contribution < 1.29 is 0 Å². The normalized spacial score (nSPS) is 20.5. The third-order valence-electron chi connectivity index (χ3n) is 7.96. The molecule has 0 amide bonds. The molecule has 0 spiro atoms. The van der Waals surface area contributed by atoms with Crippen molar-refractivity contribution in [1.82, 2.24) is 0 Å². The van der Waals surface area contributed by atoms with E-state index in [2.05, 4.69) is 111 Å². The van der Waals surface area contributed by atoms with Gasteiger partial charge < -0.3 is 0 Å². The molecule has 0 N–H and O–H groups in total. The second kappa shape index (κ2) is 6.93. The Hall–Kier alpha value is -3.64. The molecule has 0 aromatic heterocycles. The van der Waals surface area contributed by atoms with Crippen molar-refractivity contribution >= 4 is 28.5 Å². The quantitative estimate of drug-likeness (QED) is 0.303. The summed E-state index contributed by atoms with van der Waals surface area (Å²) in [4.78, 5) is 0. The van der Waals surface area contributed by atoms with Crippen LogP contribution in [0.3, 0.4) is 0 Å². The molecule has 0 heteroatoms. The fraction of sp³-hybridized carbons (Fsp3) is 0.152. The van der Waals surface area contributed by atoms with Crippen molar-refractivity contribution in [2.45, 2.75) is 32.1 Å². The lowest BCUT2D eigenvalue weighted by molar-refractivity contribution is 0.899. The molecule has 4 aromatic rings. The zero-order valence-corrected chi connectivity index (χ0v) is 19.1. The van der Waals surface area contributed by atoms with Crippen LogP contribution in [0.1, 0.15) is 59.1 Å². The summed E-state index contributed by atoms with van der Waals surface area (Å²) < 4.78 is 0. The van der Waals surface area contributed by atoms with Gasteiger partial charge in [-0.25, -0.2) is 0 Å². The smallest absolute Gasteiger partial charge is 0.0311 e. The van der Waals surface area contributed by atoms with Crippen LogP contribution in [0, 0.1) is 0 Å². The van der Waals surface area contributed by atoms with Crippen molar-refractivity contribution in [3.05, 3.63) is 135 Å².